The van der Waals surface area contributed by atoms with Gasteiger partial charge in [0, 0.05) is 12.1 Å². The van der Waals surface area contributed by atoms with Crippen molar-refractivity contribution in [2.45, 2.75) is 0 Å². The molecule has 0 saturated heterocycles. The number of nitro groups is 1. The Labute approximate surface area is 113 Å². The predicted molar refractivity (Wildman–Crippen MR) is 72.8 cm³/mol. The SMILES string of the molecule is O=[N+]([O-])c1cccc(-c2ncc3ccccc3[n+]2[O-])c1. The summed E-state index contributed by atoms with van der Waals surface area (Å²) in [6.07, 6.45) is 1.58. The number of para-hydroxylation sites is 1. The first-order valence-corrected chi connectivity index (χ1v) is 5.89. The number of aromatic nitrogens is 2. The van der Waals surface area contributed by atoms with Gasteiger partial charge in [-0.2, -0.15) is 0 Å². The van der Waals surface area contributed by atoms with Crippen LogP contribution in [0.15, 0.2) is 54.7 Å². The standard InChI is InChI=1S/C14H9N3O3/c18-16-13-7-2-1-4-11(13)9-15-14(16)10-5-3-6-12(8-10)17(19)20/h1-9H. The van der Waals surface area contributed by atoms with Gasteiger partial charge in [0.25, 0.3) is 5.69 Å². The third-order valence-corrected chi connectivity index (χ3v) is 2.99. The molecule has 3 rings (SSSR count). The summed E-state index contributed by atoms with van der Waals surface area (Å²) in [5, 5.41) is 23.8. The van der Waals surface area contributed by atoms with Gasteiger partial charge in [-0.05, 0) is 23.2 Å². The lowest BCUT2D eigenvalue weighted by Crippen LogP contribution is -2.31. The van der Waals surface area contributed by atoms with E-state index in [9.17, 15) is 15.3 Å². The Morgan fingerprint density at radius 2 is 1.90 bits per heavy atom. The van der Waals surface area contributed by atoms with Gasteiger partial charge < -0.3 is 5.21 Å². The van der Waals surface area contributed by atoms with E-state index in [1.54, 1.807) is 30.5 Å². The van der Waals surface area contributed by atoms with Crippen molar-refractivity contribution < 1.29 is 9.65 Å². The third kappa shape index (κ3) is 1.93. The highest BCUT2D eigenvalue weighted by molar-refractivity contribution is 5.75. The molecule has 0 N–H and O–H groups in total. The van der Waals surface area contributed by atoms with Crippen LogP contribution in [-0.4, -0.2) is 9.91 Å². The lowest BCUT2D eigenvalue weighted by molar-refractivity contribution is -0.568. The molecule has 0 unspecified atom stereocenters. The molecule has 0 radical (unpaired) electrons. The summed E-state index contributed by atoms with van der Waals surface area (Å²) in [7, 11) is 0. The molecular formula is C14H9N3O3. The summed E-state index contributed by atoms with van der Waals surface area (Å²) in [5.74, 6) is 0.146. The van der Waals surface area contributed by atoms with Crippen LogP contribution in [-0.2, 0) is 0 Å². The van der Waals surface area contributed by atoms with Gasteiger partial charge in [0.05, 0.1) is 15.9 Å². The fourth-order valence-electron chi connectivity index (χ4n) is 2.03. The monoisotopic (exact) mass is 267 g/mol. The highest BCUT2D eigenvalue weighted by Crippen LogP contribution is 2.21. The Morgan fingerprint density at radius 1 is 1.10 bits per heavy atom. The predicted octanol–water partition coefficient (Wildman–Crippen LogP) is 2.44. The third-order valence-electron chi connectivity index (χ3n) is 2.99. The molecule has 1 heterocycles. The minimum atomic E-state index is -0.500. The highest BCUT2D eigenvalue weighted by Gasteiger charge is 2.16. The van der Waals surface area contributed by atoms with Gasteiger partial charge in [0.2, 0.25) is 0 Å². The summed E-state index contributed by atoms with van der Waals surface area (Å²) in [6.45, 7) is 0. The first-order chi connectivity index (χ1) is 9.66. The number of nitrogens with zero attached hydrogens (tertiary/aromatic N) is 3. The Hall–Kier alpha value is -3.02. The number of fused-ring (bicyclic) bond motifs is 1. The molecule has 0 aliphatic rings. The maximum Gasteiger partial charge on any atom is 0.333 e. The quantitative estimate of drug-likeness (QED) is 0.309. The van der Waals surface area contributed by atoms with E-state index < -0.39 is 4.92 Å². The molecule has 0 amide bonds. The van der Waals surface area contributed by atoms with Gasteiger partial charge in [-0.15, -0.1) is 0 Å². The highest BCUT2D eigenvalue weighted by atomic mass is 16.6. The molecule has 6 heteroatoms. The van der Waals surface area contributed by atoms with E-state index in [1.165, 1.54) is 18.2 Å². The zero-order chi connectivity index (χ0) is 14.1. The van der Waals surface area contributed by atoms with Crippen molar-refractivity contribution in [3.63, 3.8) is 0 Å². The van der Waals surface area contributed by atoms with Crippen molar-refractivity contribution in [3.8, 4) is 11.4 Å². The van der Waals surface area contributed by atoms with Gasteiger partial charge in [-0.3, -0.25) is 10.1 Å². The summed E-state index contributed by atoms with van der Waals surface area (Å²) >= 11 is 0. The Balaban J connectivity index is 2.22. The summed E-state index contributed by atoms with van der Waals surface area (Å²) in [6, 6.07) is 12.9. The van der Waals surface area contributed by atoms with Crippen molar-refractivity contribution in [2.24, 2.45) is 0 Å². The van der Waals surface area contributed by atoms with E-state index >= 15 is 0 Å². The molecule has 3 aromatic rings. The molecule has 0 atom stereocenters. The van der Waals surface area contributed by atoms with Gasteiger partial charge in [0.1, 0.15) is 5.52 Å². The van der Waals surface area contributed by atoms with E-state index in [-0.39, 0.29) is 11.5 Å². The average Bonchev–Trinajstić information content (AvgIpc) is 2.48. The molecule has 0 aliphatic heterocycles. The van der Waals surface area contributed by atoms with Crippen molar-refractivity contribution in [1.82, 2.24) is 4.98 Å². The van der Waals surface area contributed by atoms with Crippen molar-refractivity contribution in [2.75, 3.05) is 0 Å². The molecule has 0 spiro atoms. The topological polar surface area (TPSA) is 83.0 Å². The number of non-ortho nitro benzene ring substituents is 1. The van der Waals surface area contributed by atoms with E-state index in [4.69, 9.17) is 0 Å². The molecule has 0 aliphatic carbocycles. The minimum Gasteiger partial charge on any atom is -0.710 e. The van der Waals surface area contributed by atoms with Crippen LogP contribution in [0.1, 0.15) is 0 Å². The Morgan fingerprint density at radius 3 is 2.70 bits per heavy atom. The van der Waals surface area contributed by atoms with Crippen LogP contribution in [0.2, 0.25) is 0 Å². The molecule has 98 valence electrons. The molecule has 20 heavy (non-hydrogen) atoms. The van der Waals surface area contributed by atoms with E-state index in [0.29, 0.717) is 15.8 Å². The summed E-state index contributed by atoms with van der Waals surface area (Å²) in [5.41, 5.74) is 0.821. The van der Waals surface area contributed by atoms with Gasteiger partial charge >= 0.3 is 5.82 Å². The van der Waals surface area contributed by atoms with Crippen LogP contribution < -0.4 is 4.73 Å². The largest absolute Gasteiger partial charge is 0.710 e. The average molecular weight is 267 g/mol. The molecule has 6 nitrogen and oxygen atoms in total. The van der Waals surface area contributed by atoms with Crippen LogP contribution in [0.4, 0.5) is 5.69 Å². The van der Waals surface area contributed by atoms with Crippen LogP contribution in [0.3, 0.4) is 0 Å². The number of hydrogen-bond donors (Lipinski definition) is 0. The summed E-state index contributed by atoms with van der Waals surface area (Å²) in [4.78, 5) is 14.4. The van der Waals surface area contributed by atoms with Crippen molar-refractivity contribution >= 4 is 16.6 Å². The Bertz CT molecular complexity index is 818. The molecule has 2 aromatic carbocycles. The minimum absolute atomic E-state index is 0.0718. The lowest BCUT2D eigenvalue weighted by Gasteiger charge is -2.08. The zero-order valence-corrected chi connectivity index (χ0v) is 10.3. The van der Waals surface area contributed by atoms with Crippen LogP contribution in [0.5, 0.6) is 0 Å². The molecule has 0 fully saturated rings. The fraction of sp³-hybridized carbons (Fsp3) is 0. The molecule has 0 saturated carbocycles. The zero-order valence-electron chi connectivity index (χ0n) is 10.3. The van der Waals surface area contributed by atoms with Gasteiger partial charge in [-0.25, -0.2) is 4.73 Å². The molecule has 0 bridgehead atoms. The number of benzene rings is 2. The molecule has 1 aromatic heterocycles. The normalized spacial score (nSPS) is 10.6. The smallest absolute Gasteiger partial charge is 0.333 e. The van der Waals surface area contributed by atoms with Crippen LogP contribution >= 0.6 is 0 Å². The first-order valence-electron chi connectivity index (χ1n) is 5.89. The molecular weight excluding hydrogens is 258 g/mol. The van der Waals surface area contributed by atoms with Crippen molar-refractivity contribution in [3.05, 3.63) is 70.0 Å². The van der Waals surface area contributed by atoms with Gasteiger partial charge in [0.15, 0.2) is 6.20 Å². The number of rotatable bonds is 2. The van der Waals surface area contributed by atoms with Gasteiger partial charge in [-0.1, -0.05) is 18.2 Å². The van der Waals surface area contributed by atoms with Crippen LogP contribution in [0, 0.1) is 15.3 Å². The van der Waals surface area contributed by atoms with Crippen molar-refractivity contribution in [1.29, 1.82) is 0 Å². The second-order valence-corrected chi connectivity index (χ2v) is 4.24. The Kier molecular flexibility index (Phi) is 2.76. The summed E-state index contributed by atoms with van der Waals surface area (Å²) < 4.78 is 0.689. The van der Waals surface area contributed by atoms with E-state index in [0.717, 1.165) is 5.39 Å². The van der Waals surface area contributed by atoms with Crippen LogP contribution in [0.25, 0.3) is 22.3 Å². The fourth-order valence-corrected chi connectivity index (χ4v) is 2.03. The maximum atomic E-state index is 12.3. The number of hydrogen-bond acceptors (Lipinski definition) is 4. The first kappa shape index (κ1) is 12.0. The van der Waals surface area contributed by atoms with E-state index in [2.05, 4.69) is 4.98 Å². The second kappa shape index (κ2) is 4.58. The number of nitro benzene ring substituents is 1. The lowest BCUT2D eigenvalue weighted by atomic mass is 10.1. The van der Waals surface area contributed by atoms with E-state index in [1.807, 2.05) is 6.07 Å². The second-order valence-electron chi connectivity index (χ2n) is 4.24. The maximum absolute atomic E-state index is 12.3.